The van der Waals surface area contributed by atoms with E-state index in [9.17, 15) is 0 Å². The molecule has 0 unspecified atom stereocenters. The van der Waals surface area contributed by atoms with Crippen molar-refractivity contribution in [3.8, 4) is 11.5 Å². The second-order valence-corrected chi connectivity index (χ2v) is 6.35. The Morgan fingerprint density at radius 2 is 1.76 bits per heavy atom. The van der Waals surface area contributed by atoms with Crippen molar-refractivity contribution in [3.63, 3.8) is 0 Å². The minimum Gasteiger partial charge on any atom is -0.496 e. The number of hydrogen-bond donors (Lipinski definition) is 2. The van der Waals surface area contributed by atoms with Crippen LogP contribution in [0.4, 0.5) is 0 Å². The largest absolute Gasteiger partial charge is 0.496 e. The van der Waals surface area contributed by atoms with E-state index >= 15 is 0 Å². The number of hydrogen-bond acceptors (Lipinski definition) is 4. The molecule has 6 nitrogen and oxygen atoms in total. The summed E-state index contributed by atoms with van der Waals surface area (Å²) >= 11 is 0. The maximum absolute atomic E-state index is 5.59. The average molecular weight is 513 g/mol. The van der Waals surface area contributed by atoms with E-state index in [0.29, 0.717) is 26.3 Å². The Morgan fingerprint density at radius 1 is 1.00 bits per heavy atom. The summed E-state index contributed by atoms with van der Waals surface area (Å²) in [7, 11) is 3.36. The zero-order valence-corrected chi connectivity index (χ0v) is 20.0. The summed E-state index contributed by atoms with van der Waals surface area (Å²) in [5, 5.41) is 6.64. The van der Waals surface area contributed by atoms with Gasteiger partial charge in [-0.05, 0) is 43.2 Å². The first-order valence-corrected chi connectivity index (χ1v) is 9.52. The number of benzene rings is 2. The number of methoxy groups -OCH3 is 2. The predicted molar refractivity (Wildman–Crippen MR) is 129 cm³/mol. The van der Waals surface area contributed by atoms with Crippen LogP contribution < -0.4 is 20.1 Å². The lowest BCUT2D eigenvalue weighted by Crippen LogP contribution is -2.36. The first-order valence-electron chi connectivity index (χ1n) is 9.52. The van der Waals surface area contributed by atoms with Crippen LogP contribution in [0.15, 0.2) is 47.5 Å². The van der Waals surface area contributed by atoms with Crippen LogP contribution in [0.2, 0.25) is 0 Å². The molecule has 0 aliphatic carbocycles. The van der Waals surface area contributed by atoms with E-state index in [-0.39, 0.29) is 24.0 Å². The van der Waals surface area contributed by atoms with Crippen LogP contribution in [-0.4, -0.2) is 39.9 Å². The van der Waals surface area contributed by atoms with E-state index in [0.717, 1.165) is 35.1 Å². The lowest BCUT2D eigenvalue weighted by atomic mass is 10.1. The molecule has 7 heteroatoms. The standard InChI is InChI=1S/C22H31N3O3.HI/c1-5-23-22(25-16-19-9-6-17(2)14-21(19)27-4)24-15-18-7-10-20(11-8-18)28-13-12-26-3;/h6-11,14H,5,12-13,15-16H2,1-4H3,(H2,23,24,25);1H. The van der Waals surface area contributed by atoms with Crippen LogP contribution in [0, 0.1) is 6.92 Å². The number of aliphatic imine (C=N–C) groups is 1. The fraction of sp³-hybridized carbons (Fsp3) is 0.409. The molecule has 0 aromatic heterocycles. The number of aryl methyl sites for hydroxylation is 1. The molecule has 0 bridgehead atoms. The molecule has 0 aliphatic heterocycles. The van der Waals surface area contributed by atoms with Gasteiger partial charge in [0.25, 0.3) is 0 Å². The minimum atomic E-state index is 0. The molecular formula is C22H32IN3O3. The quantitative estimate of drug-likeness (QED) is 0.219. The van der Waals surface area contributed by atoms with Gasteiger partial charge in [0.15, 0.2) is 5.96 Å². The lowest BCUT2D eigenvalue weighted by Gasteiger charge is -2.14. The molecule has 160 valence electrons. The molecule has 0 fully saturated rings. The van der Waals surface area contributed by atoms with E-state index < -0.39 is 0 Å². The van der Waals surface area contributed by atoms with Crippen molar-refractivity contribution in [3.05, 3.63) is 59.2 Å². The Bertz CT molecular complexity index is 751. The zero-order valence-electron chi connectivity index (χ0n) is 17.7. The first kappa shape index (κ1) is 25.0. The van der Waals surface area contributed by atoms with Crippen LogP contribution >= 0.6 is 24.0 Å². The predicted octanol–water partition coefficient (Wildman–Crippen LogP) is 3.90. The summed E-state index contributed by atoms with van der Waals surface area (Å²) < 4.78 is 16.0. The highest BCUT2D eigenvalue weighted by Crippen LogP contribution is 2.19. The van der Waals surface area contributed by atoms with Crippen molar-refractivity contribution in [2.45, 2.75) is 26.9 Å². The summed E-state index contributed by atoms with van der Waals surface area (Å²) in [5.41, 5.74) is 3.39. The van der Waals surface area contributed by atoms with Crippen molar-refractivity contribution in [2.24, 2.45) is 4.99 Å². The monoisotopic (exact) mass is 513 g/mol. The van der Waals surface area contributed by atoms with Crippen molar-refractivity contribution in [1.82, 2.24) is 10.6 Å². The van der Waals surface area contributed by atoms with Gasteiger partial charge in [0.05, 0.1) is 20.3 Å². The summed E-state index contributed by atoms with van der Waals surface area (Å²) in [5.74, 6) is 2.49. The lowest BCUT2D eigenvalue weighted by molar-refractivity contribution is 0.146. The summed E-state index contributed by atoms with van der Waals surface area (Å²) in [6.45, 7) is 7.25. The van der Waals surface area contributed by atoms with Crippen LogP contribution in [0.25, 0.3) is 0 Å². The van der Waals surface area contributed by atoms with Gasteiger partial charge in [0, 0.05) is 25.8 Å². The van der Waals surface area contributed by atoms with Crippen molar-refractivity contribution in [2.75, 3.05) is 34.0 Å². The Morgan fingerprint density at radius 3 is 2.41 bits per heavy atom. The Hall–Kier alpha value is -2.00. The highest BCUT2D eigenvalue weighted by atomic mass is 127. The van der Waals surface area contributed by atoms with E-state index in [4.69, 9.17) is 14.2 Å². The Balaban J connectivity index is 0.00000420. The molecule has 0 spiro atoms. The van der Waals surface area contributed by atoms with Crippen LogP contribution in [0.1, 0.15) is 23.6 Å². The van der Waals surface area contributed by atoms with Gasteiger partial charge in [-0.15, -0.1) is 24.0 Å². The van der Waals surface area contributed by atoms with Crippen molar-refractivity contribution in [1.29, 1.82) is 0 Å². The second kappa shape index (κ2) is 14.1. The second-order valence-electron chi connectivity index (χ2n) is 6.35. The Kier molecular flexibility index (Phi) is 12.1. The van der Waals surface area contributed by atoms with E-state index in [1.807, 2.05) is 30.3 Å². The summed E-state index contributed by atoms with van der Waals surface area (Å²) in [6.07, 6.45) is 0. The molecule has 0 amide bonds. The number of guanidine groups is 1. The SMILES string of the molecule is CCNC(=NCc1ccc(OCCOC)cc1)NCc1ccc(C)cc1OC.I. The summed E-state index contributed by atoms with van der Waals surface area (Å²) in [4.78, 5) is 4.67. The molecule has 2 N–H and O–H groups in total. The molecule has 29 heavy (non-hydrogen) atoms. The third-order valence-corrected chi connectivity index (χ3v) is 4.13. The van der Waals surface area contributed by atoms with Crippen LogP contribution in [-0.2, 0) is 17.8 Å². The highest BCUT2D eigenvalue weighted by Gasteiger charge is 2.05. The van der Waals surface area contributed by atoms with Gasteiger partial charge in [-0.25, -0.2) is 4.99 Å². The zero-order chi connectivity index (χ0) is 20.2. The molecule has 0 heterocycles. The van der Waals surface area contributed by atoms with Crippen LogP contribution in [0.5, 0.6) is 11.5 Å². The molecule has 2 rings (SSSR count). The minimum absolute atomic E-state index is 0. The van der Waals surface area contributed by atoms with Gasteiger partial charge in [-0.2, -0.15) is 0 Å². The number of rotatable bonds is 10. The highest BCUT2D eigenvalue weighted by molar-refractivity contribution is 14.0. The van der Waals surface area contributed by atoms with Crippen molar-refractivity contribution < 1.29 is 14.2 Å². The third kappa shape index (κ3) is 8.91. The molecule has 0 radical (unpaired) electrons. The third-order valence-electron chi connectivity index (χ3n) is 4.13. The maximum Gasteiger partial charge on any atom is 0.191 e. The van der Waals surface area contributed by atoms with Gasteiger partial charge in [0.2, 0.25) is 0 Å². The molecule has 0 aliphatic rings. The van der Waals surface area contributed by atoms with Crippen molar-refractivity contribution >= 4 is 29.9 Å². The maximum atomic E-state index is 5.59. The van der Waals surface area contributed by atoms with Gasteiger partial charge in [0.1, 0.15) is 18.1 Å². The van der Waals surface area contributed by atoms with E-state index in [1.54, 1.807) is 14.2 Å². The fourth-order valence-electron chi connectivity index (χ4n) is 2.62. The Labute approximate surface area is 191 Å². The molecule has 0 saturated carbocycles. The smallest absolute Gasteiger partial charge is 0.191 e. The van der Waals surface area contributed by atoms with Gasteiger partial charge in [-0.1, -0.05) is 24.3 Å². The van der Waals surface area contributed by atoms with Gasteiger partial charge < -0.3 is 24.8 Å². The van der Waals surface area contributed by atoms with Gasteiger partial charge in [-0.3, -0.25) is 0 Å². The average Bonchev–Trinajstić information content (AvgIpc) is 2.71. The normalized spacial score (nSPS) is 10.8. The summed E-state index contributed by atoms with van der Waals surface area (Å²) in [6, 6.07) is 14.2. The number of nitrogens with one attached hydrogen (secondary N) is 2. The number of ether oxygens (including phenoxy) is 3. The molecular weight excluding hydrogens is 481 g/mol. The van der Waals surface area contributed by atoms with E-state index in [2.05, 4.69) is 41.6 Å². The molecule has 2 aromatic carbocycles. The van der Waals surface area contributed by atoms with E-state index in [1.165, 1.54) is 5.56 Å². The molecule has 0 atom stereocenters. The van der Waals surface area contributed by atoms with Crippen LogP contribution in [0.3, 0.4) is 0 Å². The molecule has 2 aromatic rings. The fourth-order valence-corrected chi connectivity index (χ4v) is 2.62. The molecule has 0 saturated heterocycles. The number of halogens is 1. The van der Waals surface area contributed by atoms with Gasteiger partial charge >= 0.3 is 0 Å². The number of nitrogens with zero attached hydrogens (tertiary/aromatic N) is 1. The first-order chi connectivity index (χ1) is 13.7. The topological polar surface area (TPSA) is 64.1 Å².